The molecule has 0 heterocycles. The molecule has 0 saturated carbocycles. The third-order valence-corrected chi connectivity index (χ3v) is 2.90. The second-order valence-electron chi connectivity index (χ2n) is 4.17. The summed E-state index contributed by atoms with van der Waals surface area (Å²) in [7, 11) is 3.08. The summed E-state index contributed by atoms with van der Waals surface area (Å²) in [6.07, 6.45) is 0.562. The molecule has 0 radical (unpaired) electrons. The Labute approximate surface area is 102 Å². The number of hydrogen-bond donors (Lipinski definition) is 1. The van der Waals surface area contributed by atoms with Gasteiger partial charge in [0.1, 0.15) is 11.5 Å². The second kappa shape index (κ2) is 5.19. The van der Waals surface area contributed by atoms with Crippen molar-refractivity contribution in [1.29, 1.82) is 0 Å². The van der Waals surface area contributed by atoms with Crippen LogP contribution in [0.5, 0.6) is 11.5 Å². The fraction of sp³-hybridized carbons (Fsp3) is 0.462. The van der Waals surface area contributed by atoms with E-state index in [0.29, 0.717) is 23.5 Å². The molecular formula is C13H19NO3. The maximum absolute atomic E-state index is 12.3. The SMILES string of the molecule is CCC(C)(N)C(=O)c1cc(OC)ccc1OC. The molecule has 0 aromatic heterocycles. The topological polar surface area (TPSA) is 61.6 Å². The molecule has 0 fully saturated rings. The minimum absolute atomic E-state index is 0.143. The van der Waals surface area contributed by atoms with E-state index in [1.807, 2.05) is 6.92 Å². The van der Waals surface area contributed by atoms with Crippen molar-refractivity contribution in [1.82, 2.24) is 0 Å². The molecule has 4 nitrogen and oxygen atoms in total. The third kappa shape index (κ3) is 2.77. The number of benzene rings is 1. The maximum Gasteiger partial charge on any atom is 0.186 e. The number of ketones is 1. The molecule has 17 heavy (non-hydrogen) atoms. The molecule has 1 rings (SSSR count). The van der Waals surface area contributed by atoms with Crippen molar-refractivity contribution in [2.45, 2.75) is 25.8 Å². The minimum Gasteiger partial charge on any atom is -0.497 e. The molecule has 94 valence electrons. The quantitative estimate of drug-likeness (QED) is 0.796. The fourth-order valence-corrected chi connectivity index (χ4v) is 1.46. The standard InChI is InChI=1S/C13H19NO3/c1-5-13(2,14)12(15)10-8-9(16-3)6-7-11(10)17-4/h6-8H,5,14H2,1-4H3. The van der Waals surface area contributed by atoms with Crippen LogP contribution in [0.2, 0.25) is 0 Å². The highest BCUT2D eigenvalue weighted by Crippen LogP contribution is 2.27. The number of hydrogen-bond acceptors (Lipinski definition) is 4. The molecule has 0 spiro atoms. The maximum atomic E-state index is 12.3. The molecule has 1 aromatic rings. The average molecular weight is 237 g/mol. The summed E-state index contributed by atoms with van der Waals surface area (Å²) in [6, 6.07) is 5.11. The van der Waals surface area contributed by atoms with Gasteiger partial charge in [0.2, 0.25) is 0 Å². The second-order valence-corrected chi connectivity index (χ2v) is 4.17. The van der Waals surface area contributed by atoms with Crippen molar-refractivity contribution in [3.8, 4) is 11.5 Å². The van der Waals surface area contributed by atoms with E-state index in [4.69, 9.17) is 15.2 Å². The largest absolute Gasteiger partial charge is 0.497 e. The van der Waals surface area contributed by atoms with Gasteiger partial charge in [-0.25, -0.2) is 0 Å². The van der Waals surface area contributed by atoms with Crippen LogP contribution >= 0.6 is 0 Å². The van der Waals surface area contributed by atoms with Gasteiger partial charge in [0.05, 0.1) is 25.3 Å². The summed E-state index contributed by atoms with van der Waals surface area (Å²) >= 11 is 0. The number of nitrogens with two attached hydrogens (primary N) is 1. The van der Waals surface area contributed by atoms with E-state index in [9.17, 15) is 4.79 Å². The molecule has 1 unspecified atom stereocenters. The normalized spacial score (nSPS) is 13.9. The molecule has 0 aliphatic carbocycles. The Hall–Kier alpha value is -1.55. The zero-order valence-corrected chi connectivity index (χ0v) is 10.7. The molecule has 0 bridgehead atoms. The van der Waals surface area contributed by atoms with Gasteiger partial charge < -0.3 is 15.2 Å². The lowest BCUT2D eigenvalue weighted by atomic mass is 9.89. The lowest BCUT2D eigenvalue weighted by Gasteiger charge is -2.22. The van der Waals surface area contributed by atoms with Crippen molar-refractivity contribution >= 4 is 5.78 Å². The van der Waals surface area contributed by atoms with Gasteiger partial charge in [0.25, 0.3) is 0 Å². The summed E-state index contributed by atoms with van der Waals surface area (Å²) in [5.74, 6) is 0.984. The van der Waals surface area contributed by atoms with E-state index in [1.54, 1.807) is 32.2 Å². The van der Waals surface area contributed by atoms with Crippen LogP contribution in [0.4, 0.5) is 0 Å². The summed E-state index contributed by atoms with van der Waals surface area (Å²) in [5.41, 5.74) is 5.53. The van der Waals surface area contributed by atoms with Crippen LogP contribution in [0.25, 0.3) is 0 Å². The molecule has 1 aromatic carbocycles. The van der Waals surface area contributed by atoms with Crippen molar-refractivity contribution < 1.29 is 14.3 Å². The van der Waals surface area contributed by atoms with E-state index in [0.717, 1.165) is 0 Å². The molecule has 2 N–H and O–H groups in total. The van der Waals surface area contributed by atoms with Gasteiger partial charge >= 0.3 is 0 Å². The Morgan fingerprint density at radius 1 is 1.35 bits per heavy atom. The number of ether oxygens (including phenoxy) is 2. The first kappa shape index (κ1) is 13.5. The van der Waals surface area contributed by atoms with E-state index < -0.39 is 5.54 Å². The van der Waals surface area contributed by atoms with Gasteiger partial charge in [-0.1, -0.05) is 6.92 Å². The molecule has 0 saturated heterocycles. The number of rotatable bonds is 5. The Kier molecular flexibility index (Phi) is 4.12. The predicted octanol–water partition coefficient (Wildman–Crippen LogP) is 2.01. The van der Waals surface area contributed by atoms with E-state index >= 15 is 0 Å². The highest BCUT2D eigenvalue weighted by atomic mass is 16.5. The molecule has 0 aliphatic rings. The zero-order valence-electron chi connectivity index (χ0n) is 10.7. The summed E-state index contributed by atoms with van der Waals surface area (Å²) in [5, 5.41) is 0. The lowest BCUT2D eigenvalue weighted by Crippen LogP contribution is -2.44. The molecule has 1 atom stereocenters. The third-order valence-electron chi connectivity index (χ3n) is 2.90. The Bertz CT molecular complexity index is 413. The van der Waals surface area contributed by atoms with Crippen LogP contribution in [0, 0.1) is 0 Å². The van der Waals surface area contributed by atoms with Crippen LogP contribution in [0.3, 0.4) is 0 Å². The Morgan fingerprint density at radius 3 is 2.47 bits per heavy atom. The summed E-state index contributed by atoms with van der Waals surface area (Å²) < 4.78 is 10.3. The van der Waals surface area contributed by atoms with Gasteiger partial charge in [-0.2, -0.15) is 0 Å². The zero-order chi connectivity index (χ0) is 13.1. The van der Waals surface area contributed by atoms with Crippen molar-refractivity contribution in [3.63, 3.8) is 0 Å². The van der Waals surface area contributed by atoms with Gasteiger partial charge in [-0.05, 0) is 31.5 Å². The first-order valence-corrected chi connectivity index (χ1v) is 5.52. The molecule has 0 aliphatic heterocycles. The highest BCUT2D eigenvalue weighted by Gasteiger charge is 2.29. The molecule has 4 heteroatoms. The molecule has 0 amide bonds. The van der Waals surface area contributed by atoms with Crippen LogP contribution in [-0.4, -0.2) is 25.5 Å². The first-order valence-electron chi connectivity index (χ1n) is 5.52. The number of methoxy groups -OCH3 is 2. The summed E-state index contributed by atoms with van der Waals surface area (Å²) in [6.45, 7) is 3.60. The molecular weight excluding hydrogens is 218 g/mol. The average Bonchev–Trinajstić information content (AvgIpc) is 2.36. The highest BCUT2D eigenvalue weighted by molar-refractivity contribution is 6.05. The van der Waals surface area contributed by atoms with Crippen molar-refractivity contribution in [3.05, 3.63) is 23.8 Å². The van der Waals surface area contributed by atoms with Crippen molar-refractivity contribution in [2.24, 2.45) is 5.73 Å². The smallest absolute Gasteiger partial charge is 0.186 e. The fourth-order valence-electron chi connectivity index (χ4n) is 1.46. The van der Waals surface area contributed by atoms with E-state index in [1.165, 1.54) is 7.11 Å². The van der Waals surface area contributed by atoms with Gasteiger partial charge in [0.15, 0.2) is 5.78 Å². The monoisotopic (exact) mass is 237 g/mol. The number of Topliss-reactive ketones (excluding diaryl/α,β-unsaturated/α-hetero) is 1. The predicted molar refractivity (Wildman–Crippen MR) is 66.8 cm³/mol. The van der Waals surface area contributed by atoms with E-state index in [2.05, 4.69) is 0 Å². The van der Waals surface area contributed by atoms with Crippen LogP contribution in [0.15, 0.2) is 18.2 Å². The number of carbonyl (C=O) groups is 1. The van der Waals surface area contributed by atoms with Gasteiger partial charge in [-0.15, -0.1) is 0 Å². The summed E-state index contributed by atoms with van der Waals surface area (Å²) in [4.78, 5) is 12.3. The number of carbonyl (C=O) groups excluding carboxylic acids is 1. The van der Waals surface area contributed by atoms with Gasteiger partial charge in [0, 0.05) is 0 Å². The van der Waals surface area contributed by atoms with E-state index in [-0.39, 0.29) is 5.78 Å². The minimum atomic E-state index is -0.889. The lowest BCUT2D eigenvalue weighted by molar-refractivity contribution is 0.0894. The Morgan fingerprint density at radius 2 is 2.00 bits per heavy atom. The van der Waals surface area contributed by atoms with Crippen molar-refractivity contribution in [2.75, 3.05) is 14.2 Å². The van der Waals surface area contributed by atoms with Gasteiger partial charge in [-0.3, -0.25) is 4.79 Å². The van der Waals surface area contributed by atoms with Crippen LogP contribution in [-0.2, 0) is 0 Å². The Balaban J connectivity index is 3.23. The van der Waals surface area contributed by atoms with Crippen LogP contribution in [0.1, 0.15) is 30.6 Å². The first-order chi connectivity index (χ1) is 7.96. The van der Waals surface area contributed by atoms with Crippen LogP contribution < -0.4 is 15.2 Å².